The summed E-state index contributed by atoms with van der Waals surface area (Å²) >= 11 is 1.62. The van der Waals surface area contributed by atoms with Gasteiger partial charge in [0, 0.05) is 11.3 Å². The van der Waals surface area contributed by atoms with Crippen molar-refractivity contribution < 1.29 is 4.39 Å². The van der Waals surface area contributed by atoms with E-state index < -0.39 is 0 Å². The zero-order chi connectivity index (χ0) is 16.7. The topological polar surface area (TPSA) is 34.9 Å². The van der Waals surface area contributed by atoms with Gasteiger partial charge in [-0.2, -0.15) is 0 Å². The second kappa shape index (κ2) is 5.88. The Balaban J connectivity index is 1.88. The molecule has 0 unspecified atom stereocenters. The van der Waals surface area contributed by atoms with E-state index >= 15 is 0 Å². The van der Waals surface area contributed by atoms with Crippen LogP contribution in [0.1, 0.15) is 28.2 Å². The second-order valence-electron chi connectivity index (χ2n) is 5.96. The van der Waals surface area contributed by atoms with E-state index in [1.807, 2.05) is 0 Å². The van der Waals surface area contributed by atoms with Gasteiger partial charge >= 0.3 is 0 Å². The summed E-state index contributed by atoms with van der Waals surface area (Å²) in [6.07, 6.45) is 8.98. The van der Waals surface area contributed by atoms with E-state index in [0.717, 1.165) is 40.6 Å². The molecule has 2 heterocycles. The van der Waals surface area contributed by atoms with Crippen LogP contribution in [0.2, 0.25) is 0 Å². The van der Waals surface area contributed by atoms with Crippen LogP contribution in [0.4, 0.5) is 4.39 Å². The number of thiophene rings is 1. The summed E-state index contributed by atoms with van der Waals surface area (Å²) in [5.74, 6) is 2.91. The van der Waals surface area contributed by atoms with Crippen LogP contribution in [0.5, 0.6) is 0 Å². The Kier molecular flexibility index (Phi) is 3.70. The van der Waals surface area contributed by atoms with Crippen molar-refractivity contribution in [2.75, 3.05) is 0 Å². The lowest BCUT2D eigenvalue weighted by Gasteiger charge is -2.10. The molecule has 0 saturated carbocycles. The minimum absolute atomic E-state index is 0.0468. The Hall–Kier alpha value is -2.45. The van der Waals surface area contributed by atoms with Crippen molar-refractivity contribution in [2.24, 2.45) is 0 Å². The van der Waals surface area contributed by atoms with Crippen LogP contribution >= 0.6 is 11.3 Å². The van der Waals surface area contributed by atoms with Gasteiger partial charge < -0.3 is 0 Å². The predicted octanol–water partition coefficient (Wildman–Crippen LogP) is 3.31. The number of fused-ring (bicyclic) bond motifs is 3. The number of terminal acetylenes is 1. The monoisotopic (exact) mass is 338 g/mol. The van der Waals surface area contributed by atoms with Gasteiger partial charge in [-0.1, -0.05) is 18.1 Å². The van der Waals surface area contributed by atoms with Crippen LogP contribution in [0.15, 0.2) is 29.1 Å². The van der Waals surface area contributed by atoms with Gasteiger partial charge in [0.2, 0.25) is 0 Å². The summed E-state index contributed by atoms with van der Waals surface area (Å²) in [6, 6.07) is 6.25. The molecule has 1 aliphatic carbocycles. The summed E-state index contributed by atoms with van der Waals surface area (Å²) < 4.78 is 14.7. The summed E-state index contributed by atoms with van der Waals surface area (Å²) in [7, 11) is 0. The zero-order valence-corrected chi connectivity index (χ0v) is 13.8. The molecule has 4 rings (SSSR count). The number of hydrogen-bond acceptors (Lipinski definition) is 3. The highest BCUT2D eigenvalue weighted by atomic mass is 32.1. The van der Waals surface area contributed by atoms with Crippen LogP contribution in [0.3, 0.4) is 0 Å². The van der Waals surface area contributed by atoms with Crippen LogP contribution in [0.25, 0.3) is 10.2 Å². The molecule has 5 heteroatoms. The molecular weight excluding hydrogens is 323 g/mol. The molecule has 1 aliphatic rings. The molecule has 24 heavy (non-hydrogen) atoms. The first-order valence-electron chi connectivity index (χ1n) is 7.89. The van der Waals surface area contributed by atoms with Crippen LogP contribution < -0.4 is 5.56 Å². The lowest BCUT2D eigenvalue weighted by atomic mass is 10.1. The fourth-order valence-electron chi connectivity index (χ4n) is 3.29. The quantitative estimate of drug-likeness (QED) is 0.687. The largest absolute Gasteiger partial charge is 0.284 e. The van der Waals surface area contributed by atoms with E-state index in [1.165, 1.54) is 17.0 Å². The highest BCUT2D eigenvalue weighted by Gasteiger charge is 2.23. The number of aryl methyl sites for hydroxylation is 2. The van der Waals surface area contributed by atoms with E-state index in [1.54, 1.807) is 28.0 Å². The third kappa shape index (κ3) is 2.44. The number of benzene rings is 1. The normalized spacial score (nSPS) is 13.2. The van der Waals surface area contributed by atoms with Crippen LogP contribution in [0, 0.1) is 18.2 Å². The maximum atomic E-state index is 13.1. The molecule has 0 saturated heterocycles. The van der Waals surface area contributed by atoms with Gasteiger partial charge in [0.1, 0.15) is 16.5 Å². The highest BCUT2D eigenvalue weighted by molar-refractivity contribution is 7.18. The highest BCUT2D eigenvalue weighted by Crippen LogP contribution is 2.34. The third-order valence-electron chi connectivity index (χ3n) is 4.43. The smallest absolute Gasteiger partial charge is 0.263 e. The SMILES string of the molecule is C#CCn1c(Cc2ccc(F)cc2)nc2sc3c(c2c1=O)CCC3. The molecule has 120 valence electrons. The van der Waals surface area contributed by atoms with Gasteiger partial charge in [-0.15, -0.1) is 17.8 Å². The molecule has 0 fully saturated rings. The summed E-state index contributed by atoms with van der Waals surface area (Å²) in [4.78, 5) is 19.8. The Bertz CT molecular complexity index is 1020. The fourth-order valence-corrected chi connectivity index (χ4v) is 4.56. The van der Waals surface area contributed by atoms with Crippen LogP contribution in [-0.4, -0.2) is 9.55 Å². The Labute approximate surface area is 142 Å². The molecular formula is C19H15FN2OS. The molecule has 0 N–H and O–H groups in total. The molecule has 3 aromatic rings. The summed E-state index contributed by atoms with van der Waals surface area (Å²) in [6.45, 7) is 0.197. The van der Waals surface area contributed by atoms with E-state index in [9.17, 15) is 9.18 Å². The Morgan fingerprint density at radius 1 is 1.29 bits per heavy atom. The van der Waals surface area contributed by atoms with Gasteiger partial charge in [-0.25, -0.2) is 9.37 Å². The number of aromatic nitrogens is 2. The molecule has 0 radical (unpaired) electrons. The van der Waals surface area contributed by atoms with E-state index in [0.29, 0.717) is 12.2 Å². The molecule has 0 amide bonds. The van der Waals surface area contributed by atoms with Gasteiger partial charge in [0.15, 0.2) is 0 Å². The number of halogens is 1. The molecule has 0 bridgehead atoms. The van der Waals surface area contributed by atoms with Crippen molar-refractivity contribution in [1.82, 2.24) is 9.55 Å². The lowest BCUT2D eigenvalue weighted by molar-refractivity contribution is 0.626. The molecule has 0 aliphatic heterocycles. The molecule has 0 spiro atoms. The first kappa shape index (κ1) is 15.1. The molecule has 3 nitrogen and oxygen atoms in total. The summed E-state index contributed by atoms with van der Waals surface area (Å²) in [5, 5.41) is 0.741. The first-order valence-corrected chi connectivity index (χ1v) is 8.71. The van der Waals surface area contributed by atoms with Gasteiger partial charge in [0.25, 0.3) is 5.56 Å². The minimum atomic E-state index is -0.280. The van der Waals surface area contributed by atoms with E-state index in [2.05, 4.69) is 5.92 Å². The molecule has 1 aromatic carbocycles. The number of nitrogens with zero attached hydrogens (tertiary/aromatic N) is 2. The van der Waals surface area contributed by atoms with Gasteiger partial charge in [-0.3, -0.25) is 9.36 Å². The van der Waals surface area contributed by atoms with Crippen molar-refractivity contribution in [3.05, 3.63) is 62.3 Å². The van der Waals surface area contributed by atoms with Gasteiger partial charge in [-0.05, 0) is 42.5 Å². The van der Waals surface area contributed by atoms with Crippen molar-refractivity contribution in [3.8, 4) is 12.3 Å². The second-order valence-corrected chi connectivity index (χ2v) is 7.05. The average molecular weight is 338 g/mol. The maximum absolute atomic E-state index is 13.1. The predicted molar refractivity (Wildman–Crippen MR) is 93.9 cm³/mol. The van der Waals surface area contributed by atoms with Crippen molar-refractivity contribution >= 4 is 21.6 Å². The Morgan fingerprint density at radius 2 is 2.08 bits per heavy atom. The third-order valence-corrected chi connectivity index (χ3v) is 5.61. The van der Waals surface area contributed by atoms with Crippen molar-refractivity contribution in [1.29, 1.82) is 0 Å². The van der Waals surface area contributed by atoms with E-state index in [-0.39, 0.29) is 17.9 Å². The van der Waals surface area contributed by atoms with Crippen molar-refractivity contribution in [3.63, 3.8) is 0 Å². The van der Waals surface area contributed by atoms with E-state index in [4.69, 9.17) is 11.4 Å². The van der Waals surface area contributed by atoms with Crippen molar-refractivity contribution in [2.45, 2.75) is 32.2 Å². The number of rotatable bonds is 3. The standard InChI is InChI=1S/C19H15FN2OS/c1-2-10-22-16(11-12-6-8-13(20)9-7-12)21-18-17(19(22)23)14-4-3-5-15(14)24-18/h1,6-9H,3-5,10-11H2. The Morgan fingerprint density at radius 3 is 2.83 bits per heavy atom. The minimum Gasteiger partial charge on any atom is -0.284 e. The zero-order valence-electron chi connectivity index (χ0n) is 13.0. The van der Waals surface area contributed by atoms with Gasteiger partial charge in [0.05, 0.1) is 11.9 Å². The summed E-state index contributed by atoms with van der Waals surface area (Å²) in [5.41, 5.74) is 2.01. The average Bonchev–Trinajstić information content (AvgIpc) is 3.13. The fraction of sp³-hybridized carbons (Fsp3) is 0.263. The lowest BCUT2D eigenvalue weighted by Crippen LogP contribution is -2.25. The molecule has 2 aromatic heterocycles. The maximum Gasteiger partial charge on any atom is 0.263 e. The first-order chi connectivity index (χ1) is 11.7. The molecule has 0 atom stereocenters. The van der Waals surface area contributed by atoms with Crippen LogP contribution in [-0.2, 0) is 25.8 Å². The number of hydrogen-bond donors (Lipinski definition) is 0.